The highest BCUT2D eigenvalue weighted by Gasteiger charge is 2.28. The maximum absolute atomic E-state index is 11.6. The summed E-state index contributed by atoms with van der Waals surface area (Å²) < 4.78 is 11.0. The molecule has 8 heteroatoms. The quantitative estimate of drug-likeness (QED) is 0.401. The number of aromatic nitrogens is 2. The molecule has 2 aromatic carbocycles. The van der Waals surface area contributed by atoms with E-state index in [1.165, 1.54) is 12.5 Å². The number of rotatable bonds is 8. The number of carbonyl (C=O) groups excluding carboxylic acids is 1. The molecule has 0 radical (unpaired) electrons. The molecule has 1 fully saturated rings. The highest BCUT2D eigenvalue weighted by molar-refractivity contribution is 5.96. The van der Waals surface area contributed by atoms with Gasteiger partial charge in [-0.3, -0.25) is 4.79 Å². The highest BCUT2D eigenvalue weighted by atomic mass is 16.5. The van der Waals surface area contributed by atoms with Gasteiger partial charge in [0.15, 0.2) is 17.3 Å². The van der Waals surface area contributed by atoms with Gasteiger partial charge in [0.05, 0.1) is 31.3 Å². The first kappa shape index (κ1) is 25.0. The number of nitrogens with zero attached hydrogens (tertiary/aromatic N) is 2. The van der Waals surface area contributed by atoms with Gasteiger partial charge < -0.3 is 30.1 Å². The molecular formula is C28H33N5O3. The van der Waals surface area contributed by atoms with Crippen molar-refractivity contribution in [2.75, 3.05) is 27.3 Å². The van der Waals surface area contributed by atoms with E-state index >= 15 is 0 Å². The Morgan fingerprint density at radius 1 is 1.11 bits per heavy atom. The number of imidazole rings is 1. The van der Waals surface area contributed by atoms with Gasteiger partial charge in [-0.2, -0.15) is 0 Å². The number of hydrogen-bond donors (Lipinski definition) is 3. The minimum atomic E-state index is -0.0361. The summed E-state index contributed by atoms with van der Waals surface area (Å²) >= 11 is 0. The Bertz CT molecular complexity index is 1290. The summed E-state index contributed by atoms with van der Waals surface area (Å²) in [6, 6.07) is 14.1. The van der Waals surface area contributed by atoms with E-state index in [0.29, 0.717) is 29.6 Å². The molecular weight excluding hydrogens is 454 g/mol. The van der Waals surface area contributed by atoms with Gasteiger partial charge in [-0.1, -0.05) is 29.8 Å². The lowest BCUT2D eigenvalue weighted by Gasteiger charge is -2.21. The van der Waals surface area contributed by atoms with Gasteiger partial charge in [-0.15, -0.1) is 0 Å². The Balaban J connectivity index is 1.82. The Morgan fingerprint density at radius 2 is 1.81 bits per heavy atom. The number of nitrogens with one attached hydrogen (secondary N) is 3. The molecule has 0 saturated carbocycles. The largest absolute Gasteiger partial charge is 0.493 e. The first-order chi connectivity index (χ1) is 17.3. The van der Waals surface area contributed by atoms with Gasteiger partial charge in [0, 0.05) is 42.9 Å². The second kappa shape index (κ2) is 10.7. The van der Waals surface area contributed by atoms with Crippen molar-refractivity contribution in [3.63, 3.8) is 0 Å². The van der Waals surface area contributed by atoms with E-state index in [9.17, 15) is 4.79 Å². The van der Waals surface area contributed by atoms with E-state index in [4.69, 9.17) is 19.9 Å². The Labute approximate surface area is 211 Å². The Hall–Kier alpha value is -4.07. The predicted molar refractivity (Wildman–Crippen MR) is 142 cm³/mol. The van der Waals surface area contributed by atoms with Gasteiger partial charge in [0.1, 0.15) is 0 Å². The molecule has 0 aliphatic carbocycles. The zero-order chi connectivity index (χ0) is 25.8. The SMILES string of the molecule is COc1ccc(-c2[nH]c(/C(=C\C(C)=N)N3CC[C@@H](NC(C)=O)C3)nc2-c2ccc(C)cc2)cc1OC. The minimum Gasteiger partial charge on any atom is -0.493 e. The molecule has 2 heterocycles. The number of allylic oxidation sites excluding steroid dienone is 1. The third kappa shape index (κ3) is 5.43. The van der Waals surface area contributed by atoms with Crippen LogP contribution in [-0.2, 0) is 4.79 Å². The monoisotopic (exact) mass is 487 g/mol. The number of likely N-dealkylation sites (tertiary alicyclic amines) is 1. The normalized spacial score (nSPS) is 15.6. The van der Waals surface area contributed by atoms with Crippen molar-refractivity contribution in [2.24, 2.45) is 0 Å². The van der Waals surface area contributed by atoms with Crippen LogP contribution in [0.5, 0.6) is 11.5 Å². The lowest BCUT2D eigenvalue weighted by atomic mass is 10.0. The predicted octanol–water partition coefficient (Wildman–Crippen LogP) is 4.66. The topological polar surface area (TPSA) is 103 Å². The van der Waals surface area contributed by atoms with E-state index < -0.39 is 0 Å². The second-order valence-electron chi connectivity index (χ2n) is 9.09. The molecule has 0 bridgehead atoms. The third-order valence-corrected chi connectivity index (χ3v) is 6.23. The summed E-state index contributed by atoms with van der Waals surface area (Å²) in [4.78, 5) is 22.4. The molecule has 1 saturated heterocycles. The maximum atomic E-state index is 11.6. The average molecular weight is 488 g/mol. The standard InChI is InChI=1S/C28H33N5O3/c1-17-6-8-20(9-7-17)26-27(21-10-11-24(35-4)25(15-21)36-5)32-28(31-26)23(14-18(2)29)33-13-12-22(16-33)30-19(3)34/h6-11,14-15,22,29H,12-13,16H2,1-5H3,(H,30,34)(H,31,32)/b23-14+,29-18?/t22-/m1/s1. The molecule has 1 amide bonds. The number of carbonyl (C=O) groups is 1. The van der Waals surface area contributed by atoms with Gasteiger partial charge in [-0.25, -0.2) is 4.98 Å². The molecule has 188 valence electrons. The van der Waals surface area contributed by atoms with Crippen molar-refractivity contribution < 1.29 is 14.3 Å². The fraction of sp³-hybridized carbons (Fsp3) is 0.321. The first-order valence-corrected chi connectivity index (χ1v) is 12.0. The molecule has 0 spiro atoms. The summed E-state index contributed by atoms with van der Waals surface area (Å²) in [5.41, 5.74) is 5.97. The summed E-state index contributed by atoms with van der Waals surface area (Å²) in [6.45, 7) is 6.76. The number of ether oxygens (including phenoxy) is 2. The van der Waals surface area contributed by atoms with Crippen molar-refractivity contribution in [3.05, 3.63) is 59.9 Å². The van der Waals surface area contributed by atoms with Crippen LogP contribution in [0.15, 0.2) is 48.5 Å². The maximum Gasteiger partial charge on any atom is 0.217 e. The van der Waals surface area contributed by atoms with Gasteiger partial charge >= 0.3 is 0 Å². The molecule has 1 aromatic heterocycles. The zero-order valence-electron chi connectivity index (χ0n) is 21.4. The van der Waals surface area contributed by atoms with E-state index in [0.717, 1.165) is 41.2 Å². The van der Waals surface area contributed by atoms with Crippen LogP contribution < -0.4 is 14.8 Å². The first-order valence-electron chi connectivity index (χ1n) is 12.0. The second-order valence-corrected chi connectivity index (χ2v) is 9.09. The van der Waals surface area contributed by atoms with Gasteiger partial charge in [0.25, 0.3) is 0 Å². The number of aryl methyl sites for hydroxylation is 1. The average Bonchev–Trinajstić information content (AvgIpc) is 3.49. The van der Waals surface area contributed by atoms with E-state index in [-0.39, 0.29) is 11.9 Å². The summed E-state index contributed by atoms with van der Waals surface area (Å²) in [5.74, 6) is 1.92. The van der Waals surface area contributed by atoms with Crippen LogP contribution in [0.4, 0.5) is 0 Å². The number of methoxy groups -OCH3 is 2. The smallest absolute Gasteiger partial charge is 0.217 e. The van der Waals surface area contributed by atoms with Crippen molar-refractivity contribution in [1.82, 2.24) is 20.2 Å². The molecule has 1 aliphatic rings. The third-order valence-electron chi connectivity index (χ3n) is 6.23. The highest BCUT2D eigenvalue weighted by Crippen LogP contribution is 2.37. The van der Waals surface area contributed by atoms with Crippen LogP contribution in [0.3, 0.4) is 0 Å². The lowest BCUT2D eigenvalue weighted by molar-refractivity contribution is -0.119. The van der Waals surface area contributed by atoms with E-state index in [1.54, 1.807) is 21.1 Å². The minimum absolute atomic E-state index is 0.0361. The summed E-state index contributed by atoms with van der Waals surface area (Å²) in [5, 5.41) is 11.2. The van der Waals surface area contributed by atoms with Crippen LogP contribution in [0, 0.1) is 12.3 Å². The lowest BCUT2D eigenvalue weighted by Crippen LogP contribution is -2.35. The van der Waals surface area contributed by atoms with Crippen molar-refractivity contribution >= 4 is 17.3 Å². The van der Waals surface area contributed by atoms with Crippen LogP contribution in [0.2, 0.25) is 0 Å². The van der Waals surface area contributed by atoms with Gasteiger partial charge in [0.2, 0.25) is 5.91 Å². The zero-order valence-corrected chi connectivity index (χ0v) is 21.4. The van der Waals surface area contributed by atoms with Crippen LogP contribution in [-0.4, -0.2) is 59.8 Å². The van der Waals surface area contributed by atoms with Crippen molar-refractivity contribution in [1.29, 1.82) is 5.41 Å². The van der Waals surface area contributed by atoms with Crippen molar-refractivity contribution in [3.8, 4) is 34.0 Å². The molecule has 0 unspecified atom stereocenters. The fourth-order valence-electron chi connectivity index (χ4n) is 4.51. The van der Waals surface area contributed by atoms with Crippen LogP contribution >= 0.6 is 0 Å². The molecule has 1 atom stereocenters. The van der Waals surface area contributed by atoms with Crippen LogP contribution in [0.1, 0.15) is 31.7 Å². The number of benzene rings is 2. The van der Waals surface area contributed by atoms with Crippen molar-refractivity contribution in [2.45, 2.75) is 33.2 Å². The fourth-order valence-corrected chi connectivity index (χ4v) is 4.51. The number of aromatic amines is 1. The molecule has 8 nitrogen and oxygen atoms in total. The molecule has 3 N–H and O–H groups in total. The number of amides is 1. The van der Waals surface area contributed by atoms with E-state index in [2.05, 4.69) is 46.4 Å². The Kier molecular flexibility index (Phi) is 7.43. The molecule has 1 aliphatic heterocycles. The summed E-state index contributed by atoms with van der Waals surface area (Å²) in [7, 11) is 3.23. The Morgan fingerprint density at radius 3 is 2.44 bits per heavy atom. The van der Waals surface area contributed by atoms with Crippen LogP contribution in [0.25, 0.3) is 28.2 Å². The number of hydrogen-bond acceptors (Lipinski definition) is 6. The van der Waals surface area contributed by atoms with E-state index in [1.807, 2.05) is 24.3 Å². The molecule has 4 rings (SSSR count). The molecule has 3 aromatic rings. The number of H-pyrrole nitrogens is 1. The summed E-state index contributed by atoms with van der Waals surface area (Å²) in [6.07, 6.45) is 2.66. The molecule has 36 heavy (non-hydrogen) atoms. The van der Waals surface area contributed by atoms with Gasteiger partial charge in [-0.05, 0) is 44.5 Å².